The van der Waals surface area contributed by atoms with E-state index in [1.54, 1.807) is 24.3 Å². The topological polar surface area (TPSA) is 203 Å². The molecule has 46 heavy (non-hydrogen) atoms. The zero-order valence-corrected chi connectivity index (χ0v) is 28.2. The molecule has 2 aromatic carbocycles. The molecule has 3 atom stereocenters. The van der Waals surface area contributed by atoms with Crippen molar-refractivity contribution in [1.82, 2.24) is 24.7 Å². The van der Waals surface area contributed by atoms with Crippen molar-refractivity contribution in [2.24, 2.45) is 0 Å². The molecule has 6 amide bonds. The van der Waals surface area contributed by atoms with Crippen LogP contribution in [0.5, 0.6) is 0 Å². The molecule has 0 bridgehead atoms. The number of esters is 1. The zero-order chi connectivity index (χ0) is 32.5. The van der Waals surface area contributed by atoms with Crippen molar-refractivity contribution in [1.29, 1.82) is 0 Å². The quantitative estimate of drug-likeness (QED) is 0.152. The molecular formula is C28H26N5NaO10S2. The number of carbonyl (C=O) groups excluding carboxylic acids is 6. The summed E-state index contributed by atoms with van der Waals surface area (Å²) < 4.78 is 31.5. The van der Waals surface area contributed by atoms with Crippen molar-refractivity contribution in [3.8, 4) is 0 Å². The monoisotopic (exact) mass is 679 g/mol. The number of sulfonamides is 1. The van der Waals surface area contributed by atoms with Gasteiger partial charge in [-0.2, -0.15) is 0 Å². The number of fused-ring (bicyclic) bond motifs is 1. The number of carboxylic acid groups (broad SMARTS) is 1. The number of β-lactam (4-membered cyclic amide) rings is 1. The Morgan fingerprint density at radius 2 is 1.65 bits per heavy atom. The van der Waals surface area contributed by atoms with Gasteiger partial charge in [0.2, 0.25) is 5.91 Å². The Morgan fingerprint density at radius 3 is 2.26 bits per heavy atom. The van der Waals surface area contributed by atoms with Crippen LogP contribution in [0.25, 0.3) is 0 Å². The van der Waals surface area contributed by atoms with Crippen LogP contribution in [0.15, 0.2) is 76.8 Å². The number of amides is 6. The molecule has 15 nitrogen and oxygen atoms in total. The number of rotatable bonds is 9. The molecule has 5 rings (SSSR count). The first-order valence-electron chi connectivity index (χ1n) is 13.5. The number of carbonyl (C=O) groups is 6. The van der Waals surface area contributed by atoms with Crippen LogP contribution < -0.4 is 45.3 Å². The molecule has 2 saturated heterocycles. The van der Waals surface area contributed by atoms with E-state index < -0.39 is 69.0 Å². The SMILES string of the molecule is CC(=O)OCC1=C(C(=O)[O-])N2C(=O)C(NC(=O)[C@H](NC(=O)N3CCN(S(=O)(=O)c4ccccc4)C3=O)c3ccccc3)[C@H]2SC1.[Na+]. The van der Waals surface area contributed by atoms with Crippen molar-refractivity contribution >= 4 is 57.6 Å². The van der Waals surface area contributed by atoms with Crippen LogP contribution in [0.1, 0.15) is 18.5 Å². The van der Waals surface area contributed by atoms with E-state index in [0.29, 0.717) is 14.8 Å². The van der Waals surface area contributed by atoms with Gasteiger partial charge in [0.25, 0.3) is 15.9 Å². The molecule has 3 aliphatic heterocycles. The van der Waals surface area contributed by atoms with Gasteiger partial charge in [0.1, 0.15) is 24.1 Å². The number of carboxylic acids is 1. The largest absolute Gasteiger partial charge is 1.00 e. The average molecular weight is 680 g/mol. The fraction of sp³-hybridized carbons (Fsp3) is 0.286. The van der Waals surface area contributed by atoms with E-state index in [2.05, 4.69) is 10.6 Å². The summed E-state index contributed by atoms with van der Waals surface area (Å²) >= 11 is 1.14. The number of imide groups is 1. The minimum atomic E-state index is -4.24. The number of hydrogen-bond donors (Lipinski definition) is 2. The third-order valence-electron chi connectivity index (χ3n) is 7.20. The Bertz CT molecular complexity index is 1710. The zero-order valence-electron chi connectivity index (χ0n) is 24.6. The van der Waals surface area contributed by atoms with Crippen molar-refractivity contribution < 1.29 is 76.6 Å². The van der Waals surface area contributed by atoms with Crippen molar-refractivity contribution in [2.75, 3.05) is 25.4 Å². The summed E-state index contributed by atoms with van der Waals surface area (Å²) in [5.41, 5.74) is 0.0197. The van der Waals surface area contributed by atoms with Crippen LogP contribution in [0.4, 0.5) is 9.59 Å². The van der Waals surface area contributed by atoms with E-state index in [1.807, 2.05) is 0 Å². The van der Waals surface area contributed by atoms with Gasteiger partial charge < -0.3 is 25.3 Å². The van der Waals surface area contributed by atoms with Gasteiger partial charge in [-0.3, -0.25) is 19.3 Å². The van der Waals surface area contributed by atoms with Crippen LogP contribution >= 0.6 is 11.8 Å². The Balaban J connectivity index is 0.00000480. The van der Waals surface area contributed by atoms with Gasteiger partial charge in [-0.25, -0.2) is 27.2 Å². The van der Waals surface area contributed by atoms with E-state index in [1.165, 1.54) is 36.4 Å². The number of thioether (sulfide) groups is 1. The molecule has 18 heteroatoms. The second-order valence-electron chi connectivity index (χ2n) is 10.0. The molecule has 0 radical (unpaired) electrons. The number of nitrogens with one attached hydrogen (secondary N) is 2. The van der Waals surface area contributed by atoms with Crippen LogP contribution in [0.3, 0.4) is 0 Å². The van der Waals surface area contributed by atoms with Crippen molar-refractivity contribution in [2.45, 2.75) is 29.3 Å². The number of benzene rings is 2. The molecule has 0 spiro atoms. The maximum atomic E-state index is 13.6. The molecule has 0 aromatic heterocycles. The van der Waals surface area contributed by atoms with E-state index in [9.17, 15) is 42.3 Å². The fourth-order valence-electron chi connectivity index (χ4n) is 5.00. The van der Waals surface area contributed by atoms with Gasteiger partial charge in [0, 0.05) is 18.2 Å². The standard InChI is InChI=1S/C28H27N5O10S2.Na/c1-16(34)43-14-18-15-44-25-21(24(36)33(25)22(18)26(37)38)29-23(35)20(17-8-4-2-5-9-17)30-27(39)31-12-13-32(28(31)40)45(41,42)19-10-6-3-7-11-19;/h2-11,20-21,25H,12-15H2,1H3,(H,29,35)(H,30,39)(H,37,38);/q;+1/p-1/t20-,21?,25-;/m1./s1. The van der Waals surface area contributed by atoms with Gasteiger partial charge in [0.05, 0.1) is 29.7 Å². The van der Waals surface area contributed by atoms with Gasteiger partial charge in [-0.15, -0.1) is 11.8 Å². The normalized spacial score (nSPS) is 19.8. The van der Waals surface area contributed by atoms with Crippen LogP contribution in [0.2, 0.25) is 0 Å². The van der Waals surface area contributed by atoms with Crippen LogP contribution in [-0.2, 0) is 33.9 Å². The number of ether oxygens (including phenoxy) is 1. The minimum absolute atomic E-state index is 0. The van der Waals surface area contributed by atoms with E-state index in [-0.39, 0.29) is 65.5 Å². The maximum absolute atomic E-state index is 13.6. The Hall–Kier alpha value is -3.90. The predicted molar refractivity (Wildman–Crippen MR) is 154 cm³/mol. The smallest absolute Gasteiger partial charge is 0.543 e. The number of urea groups is 2. The summed E-state index contributed by atoms with van der Waals surface area (Å²) in [7, 11) is -4.24. The molecule has 2 aromatic rings. The van der Waals surface area contributed by atoms with E-state index in [4.69, 9.17) is 4.74 Å². The Labute approximate surface area is 289 Å². The van der Waals surface area contributed by atoms with Crippen molar-refractivity contribution in [3.05, 3.63) is 77.5 Å². The van der Waals surface area contributed by atoms with E-state index in [0.717, 1.165) is 23.6 Å². The van der Waals surface area contributed by atoms with Crippen LogP contribution in [0, 0.1) is 0 Å². The van der Waals surface area contributed by atoms with Gasteiger partial charge in [-0.1, -0.05) is 48.5 Å². The van der Waals surface area contributed by atoms with Crippen molar-refractivity contribution in [3.63, 3.8) is 0 Å². The first kappa shape index (κ1) is 35.0. The number of hydrogen-bond acceptors (Lipinski definition) is 11. The second-order valence-corrected chi connectivity index (χ2v) is 13.0. The molecule has 2 fully saturated rings. The third kappa shape index (κ3) is 6.78. The fourth-order valence-corrected chi connectivity index (χ4v) is 7.71. The average Bonchev–Trinajstić information content (AvgIpc) is 3.43. The summed E-state index contributed by atoms with van der Waals surface area (Å²) in [5, 5.41) is 16.1. The minimum Gasteiger partial charge on any atom is -0.543 e. The number of nitrogens with zero attached hydrogens (tertiary/aromatic N) is 3. The Kier molecular flexibility index (Phi) is 10.8. The molecule has 3 heterocycles. The number of aliphatic carboxylic acids is 1. The summed E-state index contributed by atoms with van der Waals surface area (Å²) in [6.07, 6.45) is 0. The van der Waals surface area contributed by atoms with Gasteiger partial charge in [-0.05, 0) is 17.7 Å². The van der Waals surface area contributed by atoms with Crippen LogP contribution in [-0.4, -0.2) is 95.2 Å². The summed E-state index contributed by atoms with van der Waals surface area (Å²) in [6, 6.07) is 10.5. The van der Waals surface area contributed by atoms with Gasteiger partial charge in [0.15, 0.2) is 0 Å². The van der Waals surface area contributed by atoms with Gasteiger partial charge >= 0.3 is 47.6 Å². The molecule has 0 aliphatic carbocycles. The molecular weight excluding hydrogens is 653 g/mol. The molecule has 1 unspecified atom stereocenters. The molecule has 0 saturated carbocycles. The van der Waals surface area contributed by atoms with E-state index >= 15 is 0 Å². The molecule has 2 N–H and O–H groups in total. The molecule has 236 valence electrons. The molecule has 3 aliphatic rings. The summed E-state index contributed by atoms with van der Waals surface area (Å²) in [6.45, 7) is 0.233. The summed E-state index contributed by atoms with van der Waals surface area (Å²) in [4.78, 5) is 77.5. The summed E-state index contributed by atoms with van der Waals surface area (Å²) in [5.74, 6) is -3.79. The predicted octanol–water partition coefficient (Wildman–Crippen LogP) is -3.47. The third-order valence-corrected chi connectivity index (χ3v) is 10.3. The first-order chi connectivity index (χ1) is 21.4. The second kappa shape index (κ2) is 14.3. The first-order valence-corrected chi connectivity index (χ1v) is 16.0. The maximum Gasteiger partial charge on any atom is 1.00 e. The Morgan fingerprint density at radius 1 is 1.02 bits per heavy atom.